The van der Waals surface area contributed by atoms with Gasteiger partial charge in [0.2, 0.25) is 15.9 Å². The van der Waals surface area contributed by atoms with Crippen molar-refractivity contribution >= 4 is 15.9 Å². The molecule has 0 heterocycles. The number of carbonyl (C=O) groups excluding carboxylic acids is 1. The molecule has 0 aromatic heterocycles. The number of rotatable bonds is 9. The van der Waals surface area contributed by atoms with Gasteiger partial charge >= 0.3 is 0 Å². The minimum absolute atomic E-state index is 0.0576. The van der Waals surface area contributed by atoms with Gasteiger partial charge in [0.1, 0.15) is 0 Å². The molecule has 0 saturated carbocycles. The molecule has 2 aromatic carbocycles. The number of nitrogens with one attached hydrogen (secondary N) is 2. The smallest absolute Gasteiger partial charge is 0.240 e. The van der Waals surface area contributed by atoms with Crippen LogP contribution in [0.5, 0.6) is 0 Å². The van der Waals surface area contributed by atoms with Crippen LogP contribution in [0.2, 0.25) is 0 Å². The monoisotopic (exact) mass is 402 g/mol. The Labute approximate surface area is 168 Å². The first-order chi connectivity index (χ1) is 13.2. The van der Waals surface area contributed by atoms with Crippen molar-refractivity contribution in [1.29, 1.82) is 0 Å². The minimum Gasteiger partial charge on any atom is -0.350 e. The van der Waals surface area contributed by atoms with Gasteiger partial charge < -0.3 is 5.32 Å². The SMILES string of the molecule is Cc1ccc(S(=O)(=O)NCCC(=O)N[C@@H](C)c2ccc(CC(C)C)cc2)cc1. The Morgan fingerprint density at radius 1 is 0.964 bits per heavy atom. The first kappa shape index (κ1) is 22.1. The molecule has 0 spiro atoms. The third-order valence-corrected chi connectivity index (χ3v) is 5.95. The van der Waals surface area contributed by atoms with E-state index >= 15 is 0 Å². The lowest BCUT2D eigenvalue weighted by molar-refractivity contribution is -0.121. The highest BCUT2D eigenvalue weighted by atomic mass is 32.2. The molecule has 5 nitrogen and oxygen atoms in total. The molecule has 0 bridgehead atoms. The first-order valence-electron chi connectivity index (χ1n) is 9.62. The number of carbonyl (C=O) groups is 1. The second kappa shape index (κ2) is 9.85. The van der Waals surface area contributed by atoms with Crippen molar-refractivity contribution in [3.63, 3.8) is 0 Å². The van der Waals surface area contributed by atoms with Crippen molar-refractivity contribution in [1.82, 2.24) is 10.0 Å². The van der Waals surface area contributed by atoms with Gasteiger partial charge in [-0.2, -0.15) is 0 Å². The second-order valence-corrected chi connectivity index (χ2v) is 9.36. The van der Waals surface area contributed by atoms with Gasteiger partial charge in [-0.15, -0.1) is 0 Å². The molecule has 0 aliphatic heterocycles. The molecule has 2 rings (SSSR count). The predicted molar refractivity (Wildman–Crippen MR) is 113 cm³/mol. The number of amides is 1. The molecule has 0 radical (unpaired) electrons. The number of aryl methyl sites for hydroxylation is 1. The Kier molecular flexibility index (Phi) is 7.78. The van der Waals surface area contributed by atoms with Crippen molar-refractivity contribution in [2.24, 2.45) is 5.92 Å². The lowest BCUT2D eigenvalue weighted by Crippen LogP contribution is -2.32. The molecule has 152 valence electrons. The summed E-state index contributed by atoms with van der Waals surface area (Å²) in [6.45, 7) is 8.24. The van der Waals surface area contributed by atoms with Crippen molar-refractivity contribution in [2.75, 3.05) is 6.54 Å². The fraction of sp³-hybridized carbons (Fsp3) is 0.409. The highest BCUT2D eigenvalue weighted by molar-refractivity contribution is 7.89. The van der Waals surface area contributed by atoms with Crippen molar-refractivity contribution in [3.05, 3.63) is 65.2 Å². The highest BCUT2D eigenvalue weighted by Crippen LogP contribution is 2.16. The average Bonchev–Trinajstić information content (AvgIpc) is 2.62. The Balaban J connectivity index is 1.82. The Morgan fingerprint density at radius 3 is 2.14 bits per heavy atom. The van der Waals surface area contributed by atoms with E-state index in [1.807, 2.05) is 26.0 Å². The van der Waals surface area contributed by atoms with Gasteiger partial charge in [0, 0.05) is 13.0 Å². The summed E-state index contributed by atoms with van der Waals surface area (Å²) in [5.74, 6) is 0.414. The van der Waals surface area contributed by atoms with Crippen LogP contribution in [0.1, 0.15) is 49.9 Å². The summed E-state index contributed by atoms with van der Waals surface area (Å²) < 4.78 is 26.9. The van der Waals surface area contributed by atoms with Crippen LogP contribution in [-0.4, -0.2) is 20.9 Å². The fourth-order valence-corrected chi connectivity index (χ4v) is 3.94. The van der Waals surface area contributed by atoms with E-state index < -0.39 is 10.0 Å². The zero-order chi connectivity index (χ0) is 20.7. The van der Waals surface area contributed by atoms with Gasteiger partial charge in [-0.25, -0.2) is 13.1 Å². The molecule has 1 amide bonds. The van der Waals surface area contributed by atoms with Gasteiger partial charge in [0.15, 0.2) is 0 Å². The summed E-state index contributed by atoms with van der Waals surface area (Å²) >= 11 is 0. The van der Waals surface area contributed by atoms with Crippen LogP contribution in [-0.2, 0) is 21.2 Å². The number of hydrogen-bond donors (Lipinski definition) is 2. The maximum atomic E-state index is 12.2. The summed E-state index contributed by atoms with van der Waals surface area (Å²) in [6, 6.07) is 14.7. The maximum Gasteiger partial charge on any atom is 0.240 e. The van der Waals surface area contributed by atoms with E-state index in [0.717, 1.165) is 17.5 Å². The van der Waals surface area contributed by atoms with Crippen molar-refractivity contribution < 1.29 is 13.2 Å². The van der Waals surface area contributed by atoms with E-state index in [-0.39, 0.29) is 29.8 Å². The largest absolute Gasteiger partial charge is 0.350 e. The second-order valence-electron chi connectivity index (χ2n) is 7.59. The van der Waals surface area contributed by atoms with Crippen LogP contribution < -0.4 is 10.0 Å². The number of hydrogen-bond acceptors (Lipinski definition) is 3. The van der Waals surface area contributed by atoms with Crippen LogP contribution in [0, 0.1) is 12.8 Å². The molecule has 2 N–H and O–H groups in total. The third kappa shape index (κ3) is 6.77. The van der Waals surface area contributed by atoms with Crippen molar-refractivity contribution in [3.8, 4) is 0 Å². The molecule has 6 heteroatoms. The standard InChI is InChI=1S/C22H30N2O3S/c1-16(2)15-19-7-9-20(10-8-19)18(4)24-22(25)13-14-23-28(26,27)21-11-5-17(3)6-12-21/h5-12,16,18,23H,13-15H2,1-4H3,(H,24,25)/t18-/m0/s1. The summed E-state index contributed by atoms with van der Waals surface area (Å²) in [7, 11) is -3.60. The van der Waals surface area contributed by atoms with E-state index in [2.05, 4.69) is 36.0 Å². The van der Waals surface area contributed by atoms with Gasteiger partial charge in [-0.05, 0) is 49.4 Å². The molecule has 2 aromatic rings. The third-order valence-electron chi connectivity index (χ3n) is 4.48. The fourth-order valence-electron chi connectivity index (χ4n) is 2.91. The van der Waals surface area contributed by atoms with Gasteiger partial charge in [-0.3, -0.25) is 4.79 Å². The zero-order valence-corrected chi connectivity index (χ0v) is 17.8. The molecule has 0 fully saturated rings. The molecular formula is C22H30N2O3S. The first-order valence-corrected chi connectivity index (χ1v) is 11.1. The molecule has 0 saturated heterocycles. The minimum atomic E-state index is -3.60. The molecule has 0 aliphatic rings. The predicted octanol–water partition coefficient (Wildman–Crippen LogP) is 3.74. The quantitative estimate of drug-likeness (QED) is 0.671. The lowest BCUT2D eigenvalue weighted by Gasteiger charge is -2.15. The number of benzene rings is 2. The average molecular weight is 403 g/mol. The van der Waals surface area contributed by atoms with Crippen LogP contribution in [0.25, 0.3) is 0 Å². The van der Waals surface area contributed by atoms with E-state index in [9.17, 15) is 13.2 Å². The summed E-state index contributed by atoms with van der Waals surface area (Å²) in [5.41, 5.74) is 3.30. The molecule has 0 unspecified atom stereocenters. The van der Waals surface area contributed by atoms with Crippen molar-refractivity contribution in [2.45, 2.75) is 51.5 Å². The molecule has 0 aliphatic carbocycles. The summed E-state index contributed by atoms with van der Waals surface area (Å²) in [4.78, 5) is 12.4. The Morgan fingerprint density at radius 2 is 1.57 bits per heavy atom. The van der Waals surface area contributed by atoms with E-state index in [4.69, 9.17) is 0 Å². The van der Waals surface area contributed by atoms with Crippen LogP contribution in [0.4, 0.5) is 0 Å². The molecule has 28 heavy (non-hydrogen) atoms. The van der Waals surface area contributed by atoms with Crippen LogP contribution in [0.3, 0.4) is 0 Å². The van der Waals surface area contributed by atoms with Gasteiger partial charge in [-0.1, -0.05) is 55.8 Å². The van der Waals surface area contributed by atoms with Gasteiger partial charge in [0.05, 0.1) is 10.9 Å². The molecule has 1 atom stereocenters. The topological polar surface area (TPSA) is 75.3 Å². The van der Waals surface area contributed by atoms with Gasteiger partial charge in [0.25, 0.3) is 0 Å². The Bertz CT molecular complexity index is 873. The van der Waals surface area contributed by atoms with E-state index in [1.165, 1.54) is 5.56 Å². The zero-order valence-electron chi connectivity index (χ0n) is 17.0. The maximum absolute atomic E-state index is 12.2. The lowest BCUT2D eigenvalue weighted by atomic mass is 10.00. The summed E-state index contributed by atoms with van der Waals surface area (Å²) in [6.07, 6.45) is 1.11. The van der Waals surface area contributed by atoms with E-state index in [0.29, 0.717) is 5.92 Å². The normalized spacial score (nSPS) is 12.8. The number of sulfonamides is 1. The van der Waals surface area contributed by atoms with Crippen LogP contribution >= 0.6 is 0 Å². The van der Waals surface area contributed by atoms with Crippen LogP contribution in [0.15, 0.2) is 53.4 Å². The van der Waals surface area contributed by atoms with E-state index in [1.54, 1.807) is 24.3 Å². The molecular weight excluding hydrogens is 372 g/mol. The Hall–Kier alpha value is -2.18. The summed E-state index contributed by atoms with van der Waals surface area (Å²) in [5, 5.41) is 2.92. The highest BCUT2D eigenvalue weighted by Gasteiger charge is 2.15.